The number of aromatic nitrogens is 2. The number of aryl methyl sites for hydroxylation is 1. The van der Waals surface area contributed by atoms with Crippen molar-refractivity contribution in [3.63, 3.8) is 0 Å². The molecule has 1 amide bonds. The number of nitrogens with zero attached hydrogens (tertiary/aromatic N) is 3. The molecule has 0 aliphatic carbocycles. The Morgan fingerprint density at radius 1 is 1.19 bits per heavy atom. The Morgan fingerprint density at radius 2 is 1.96 bits per heavy atom. The van der Waals surface area contributed by atoms with Crippen LogP contribution >= 0.6 is 11.3 Å². The molecule has 3 rings (SSSR count). The summed E-state index contributed by atoms with van der Waals surface area (Å²) >= 11 is 1.27. The Balaban J connectivity index is 1.83. The number of anilines is 3. The van der Waals surface area contributed by atoms with Crippen LogP contribution in [0.4, 0.5) is 22.2 Å². The molecule has 0 saturated carbocycles. The second-order valence-corrected chi connectivity index (χ2v) is 6.35. The molecular formula is C17H15N5O3S. The van der Waals surface area contributed by atoms with Crippen LogP contribution in [-0.4, -0.2) is 21.0 Å². The highest BCUT2D eigenvalue weighted by molar-refractivity contribution is 7.15. The van der Waals surface area contributed by atoms with E-state index in [0.29, 0.717) is 16.5 Å². The van der Waals surface area contributed by atoms with Crippen LogP contribution in [-0.2, 0) is 6.42 Å². The van der Waals surface area contributed by atoms with Crippen molar-refractivity contribution in [2.24, 2.45) is 0 Å². The van der Waals surface area contributed by atoms with Crippen LogP contribution in [0.1, 0.15) is 22.3 Å². The zero-order valence-electron chi connectivity index (χ0n) is 13.8. The minimum absolute atomic E-state index is 0.170. The zero-order valence-corrected chi connectivity index (χ0v) is 14.6. The third-order valence-corrected chi connectivity index (χ3v) is 4.48. The van der Waals surface area contributed by atoms with Gasteiger partial charge in [0.2, 0.25) is 5.13 Å². The van der Waals surface area contributed by atoms with E-state index in [2.05, 4.69) is 20.8 Å². The number of carbonyl (C=O) groups is 1. The van der Waals surface area contributed by atoms with Crippen molar-refractivity contribution in [2.45, 2.75) is 13.3 Å². The number of nitro groups is 1. The lowest BCUT2D eigenvalue weighted by Crippen LogP contribution is -2.12. The van der Waals surface area contributed by atoms with E-state index in [0.717, 1.165) is 11.4 Å². The minimum atomic E-state index is -0.526. The lowest BCUT2D eigenvalue weighted by atomic mass is 10.1. The van der Waals surface area contributed by atoms with E-state index in [1.54, 1.807) is 12.1 Å². The van der Waals surface area contributed by atoms with Gasteiger partial charge < -0.3 is 5.32 Å². The van der Waals surface area contributed by atoms with Crippen molar-refractivity contribution >= 4 is 39.4 Å². The fraction of sp³-hybridized carbons (Fsp3) is 0.118. The van der Waals surface area contributed by atoms with Gasteiger partial charge in [-0.25, -0.2) is 0 Å². The first kappa shape index (κ1) is 17.5. The number of hydrogen-bond donors (Lipinski definition) is 2. The van der Waals surface area contributed by atoms with Gasteiger partial charge in [-0.2, -0.15) is 0 Å². The molecule has 0 radical (unpaired) electrons. The predicted molar refractivity (Wildman–Crippen MR) is 100 cm³/mol. The van der Waals surface area contributed by atoms with Crippen LogP contribution in [0.15, 0.2) is 48.5 Å². The van der Waals surface area contributed by atoms with Gasteiger partial charge >= 0.3 is 0 Å². The van der Waals surface area contributed by atoms with Crippen molar-refractivity contribution in [3.05, 3.63) is 69.2 Å². The number of carbonyl (C=O) groups excluding carboxylic acids is 1. The van der Waals surface area contributed by atoms with Crippen molar-refractivity contribution in [1.29, 1.82) is 0 Å². The van der Waals surface area contributed by atoms with E-state index in [1.807, 2.05) is 25.1 Å². The molecule has 3 aromatic rings. The molecule has 0 aliphatic rings. The maximum atomic E-state index is 12.3. The Hall–Kier alpha value is -3.33. The highest BCUT2D eigenvalue weighted by Crippen LogP contribution is 2.29. The summed E-state index contributed by atoms with van der Waals surface area (Å²) in [5.41, 5.74) is 1.01. The van der Waals surface area contributed by atoms with Gasteiger partial charge in [-0.05, 0) is 30.7 Å². The molecular weight excluding hydrogens is 354 g/mol. The van der Waals surface area contributed by atoms with Gasteiger partial charge in [-0.3, -0.25) is 20.2 Å². The molecule has 0 aliphatic heterocycles. The Labute approximate surface area is 153 Å². The number of nitro benzene ring substituents is 1. The average molecular weight is 369 g/mol. The van der Waals surface area contributed by atoms with Gasteiger partial charge in [0.15, 0.2) is 0 Å². The van der Waals surface area contributed by atoms with Gasteiger partial charge in [-0.1, -0.05) is 36.5 Å². The van der Waals surface area contributed by atoms with Crippen molar-refractivity contribution in [1.82, 2.24) is 10.2 Å². The summed E-state index contributed by atoms with van der Waals surface area (Å²) in [4.78, 5) is 23.2. The Morgan fingerprint density at radius 3 is 2.62 bits per heavy atom. The SMILES string of the molecule is CCc1nnc(NC(=O)c2ccc(Nc3ccccc3)c([N+](=O)[O-])c2)s1. The largest absolute Gasteiger partial charge is 0.350 e. The second kappa shape index (κ2) is 7.70. The summed E-state index contributed by atoms with van der Waals surface area (Å²) in [6.07, 6.45) is 0.721. The van der Waals surface area contributed by atoms with E-state index in [-0.39, 0.29) is 11.3 Å². The van der Waals surface area contributed by atoms with E-state index in [4.69, 9.17) is 0 Å². The van der Waals surface area contributed by atoms with Crippen molar-refractivity contribution in [2.75, 3.05) is 10.6 Å². The number of rotatable bonds is 6. The molecule has 0 unspecified atom stereocenters. The summed E-state index contributed by atoms with van der Waals surface area (Å²) in [5, 5.41) is 26.0. The summed E-state index contributed by atoms with van der Waals surface area (Å²) in [6, 6.07) is 13.4. The number of benzene rings is 2. The van der Waals surface area contributed by atoms with E-state index >= 15 is 0 Å². The third-order valence-electron chi connectivity index (χ3n) is 3.50. The lowest BCUT2D eigenvalue weighted by molar-refractivity contribution is -0.383. The number of para-hydroxylation sites is 1. The number of hydrogen-bond acceptors (Lipinski definition) is 7. The summed E-state index contributed by atoms with van der Waals surface area (Å²) < 4.78 is 0. The van der Waals surface area contributed by atoms with E-state index < -0.39 is 10.8 Å². The van der Waals surface area contributed by atoms with Crippen molar-refractivity contribution in [3.8, 4) is 0 Å². The molecule has 2 aromatic carbocycles. The molecule has 0 atom stereocenters. The van der Waals surface area contributed by atoms with E-state index in [1.165, 1.54) is 29.5 Å². The maximum Gasteiger partial charge on any atom is 0.293 e. The molecule has 1 heterocycles. The molecule has 0 fully saturated rings. The monoisotopic (exact) mass is 369 g/mol. The van der Waals surface area contributed by atoms with Crippen LogP contribution in [0.5, 0.6) is 0 Å². The van der Waals surface area contributed by atoms with Crippen LogP contribution < -0.4 is 10.6 Å². The van der Waals surface area contributed by atoms with Crippen LogP contribution in [0.3, 0.4) is 0 Å². The zero-order chi connectivity index (χ0) is 18.5. The average Bonchev–Trinajstić information content (AvgIpc) is 3.10. The van der Waals surface area contributed by atoms with Crippen molar-refractivity contribution < 1.29 is 9.72 Å². The topological polar surface area (TPSA) is 110 Å². The smallest absolute Gasteiger partial charge is 0.293 e. The number of nitrogens with one attached hydrogen (secondary N) is 2. The molecule has 0 bridgehead atoms. The summed E-state index contributed by atoms with van der Waals surface area (Å²) in [5.74, 6) is -0.474. The summed E-state index contributed by atoms with van der Waals surface area (Å²) in [7, 11) is 0. The predicted octanol–water partition coefficient (Wildman–Crippen LogP) is 4.00. The lowest BCUT2D eigenvalue weighted by Gasteiger charge is -2.08. The van der Waals surface area contributed by atoms with Crippen LogP contribution in [0, 0.1) is 10.1 Å². The molecule has 1 aromatic heterocycles. The normalized spacial score (nSPS) is 10.3. The molecule has 8 nitrogen and oxygen atoms in total. The highest BCUT2D eigenvalue weighted by Gasteiger charge is 2.18. The standard InChI is InChI=1S/C17H15N5O3S/c1-2-15-20-21-17(26-15)19-16(23)11-8-9-13(14(10-11)22(24)25)18-12-6-4-3-5-7-12/h3-10,18H,2H2,1H3,(H,19,21,23). The Bertz CT molecular complexity index is 943. The first-order valence-corrected chi connectivity index (χ1v) is 8.62. The molecule has 2 N–H and O–H groups in total. The maximum absolute atomic E-state index is 12.3. The second-order valence-electron chi connectivity index (χ2n) is 5.29. The van der Waals surface area contributed by atoms with Gasteiger partial charge in [0.25, 0.3) is 11.6 Å². The van der Waals surface area contributed by atoms with Gasteiger partial charge in [-0.15, -0.1) is 10.2 Å². The molecule has 0 spiro atoms. The number of amides is 1. The van der Waals surface area contributed by atoms with E-state index in [9.17, 15) is 14.9 Å². The minimum Gasteiger partial charge on any atom is -0.350 e. The van der Waals surface area contributed by atoms with Gasteiger partial charge in [0, 0.05) is 17.3 Å². The first-order chi connectivity index (χ1) is 12.6. The molecule has 9 heteroatoms. The first-order valence-electron chi connectivity index (χ1n) is 7.81. The van der Waals surface area contributed by atoms with Gasteiger partial charge in [0.05, 0.1) is 4.92 Å². The molecule has 0 saturated heterocycles. The molecule has 26 heavy (non-hydrogen) atoms. The third kappa shape index (κ3) is 4.01. The van der Waals surface area contributed by atoms with Crippen LogP contribution in [0.2, 0.25) is 0 Å². The fourth-order valence-electron chi connectivity index (χ4n) is 2.22. The van der Waals surface area contributed by atoms with Crippen LogP contribution in [0.25, 0.3) is 0 Å². The quantitative estimate of drug-likeness (QED) is 0.502. The molecule has 132 valence electrons. The fourth-order valence-corrected chi connectivity index (χ4v) is 2.90. The highest BCUT2D eigenvalue weighted by atomic mass is 32.1. The summed E-state index contributed by atoms with van der Waals surface area (Å²) in [6.45, 7) is 1.94. The van der Waals surface area contributed by atoms with Gasteiger partial charge in [0.1, 0.15) is 10.7 Å². The Kier molecular flexibility index (Phi) is 5.18.